The highest BCUT2D eigenvalue weighted by Gasteiger charge is 2.10. The maximum Gasteiger partial charge on any atom is 0.220 e. The Morgan fingerprint density at radius 3 is 3.08 bits per heavy atom. The average molecular weight is 381 g/mol. The van der Waals surface area contributed by atoms with E-state index in [2.05, 4.69) is 33.2 Å². The molecule has 0 radical (unpaired) electrons. The molecule has 0 saturated carbocycles. The fourth-order valence-electron chi connectivity index (χ4n) is 2.75. The Morgan fingerprint density at radius 2 is 2.24 bits per heavy atom. The highest BCUT2D eigenvalue weighted by Crippen LogP contribution is 2.30. The van der Waals surface area contributed by atoms with Gasteiger partial charge < -0.3 is 10.1 Å². The summed E-state index contributed by atoms with van der Waals surface area (Å²) in [5.74, 6) is 0.845. The summed E-state index contributed by atoms with van der Waals surface area (Å²) >= 11 is 3.30. The fraction of sp³-hybridized carbons (Fsp3) is 0.588. The van der Waals surface area contributed by atoms with Crippen molar-refractivity contribution in [1.82, 2.24) is 20.2 Å². The lowest BCUT2D eigenvalue weighted by atomic mass is 10.3. The average Bonchev–Trinajstić information content (AvgIpc) is 3.01. The Labute approximate surface area is 156 Å². The number of aryl methyl sites for hydroxylation is 1. The van der Waals surface area contributed by atoms with Gasteiger partial charge in [-0.15, -0.1) is 23.1 Å². The van der Waals surface area contributed by atoms with Gasteiger partial charge in [-0.2, -0.15) is 0 Å². The van der Waals surface area contributed by atoms with Crippen LogP contribution in [0.2, 0.25) is 0 Å². The zero-order valence-corrected chi connectivity index (χ0v) is 16.1. The number of thioether (sulfide) groups is 1. The summed E-state index contributed by atoms with van der Waals surface area (Å²) in [6.45, 7) is 7.48. The molecule has 1 aliphatic rings. The molecule has 0 aliphatic carbocycles. The topological polar surface area (TPSA) is 67.4 Å². The second-order valence-electron chi connectivity index (χ2n) is 6.01. The number of morpholine rings is 1. The van der Waals surface area contributed by atoms with Gasteiger partial charge in [0, 0.05) is 42.1 Å². The molecule has 2 aromatic rings. The summed E-state index contributed by atoms with van der Waals surface area (Å²) in [4.78, 5) is 25.2. The van der Waals surface area contributed by atoms with E-state index in [0.717, 1.165) is 66.8 Å². The molecule has 3 heterocycles. The normalized spacial score (nSPS) is 15.6. The molecule has 1 fully saturated rings. The summed E-state index contributed by atoms with van der Waals surface area (Å²) in [5.41, 5.74) is 0. The molecule has 136 valence electrons. The summed E-state index contributed by atoms with van der Waals surface area (Å²) in [5, 5.41) is 5.07. The van der Waals surface area contributed by atoms with Crippen molar-refractivity contribution in [3.63, 3.8) is 0 Å². The molecule has 8 heteroatoms. The Kier molecular flexibility index (Phi) is 7.03. The smallest absolute Gasteiger partial charge is 0.220 e. The van der Waals surface area contributed by atoms with Crippen LogP contribution in [0.5, 0.6) is 0 Å². The van der Waals surface area contributed by atoms with Crippen molar-refractivity contribution in [1.29, 1.82) is 0 Å². The van der Waals surface area contributed by atoms with E-state index < -0.39 is 0 Å². The zero-order chi connectivity index (χ0) is 17.5. The Hall–Kier alpha value is -1.22. The van der Waals surface area contributed by atoms with Crippen molar-refractivity contribution in [3.8, 4) is 0 Å². The fourth-order valence-corrected chi connectivity index (χ4v) is 4.58. The molecule has 1 aliphatic heterocycles. The van der Waals surface area contributed by atoms with Gasteiger partial charge in [-0.1, -0.05) is 0 Å². The maximum absolute atomic E-state index is 12.0. The van der Waals surface area contributed by atoms with Crippen LogP contribution in [0, 0.1) is 6.92 Å². The molecule has 0 aromatic carbocycles. The lowest BCUT2D eigenvalue weighted by Crippen LogP contribution is -2.38. The third kappa shape index (κ3) is 5.64. The van der Waals surface area contributed by atoms with Crippen LogP contribution in [-0.2, 0) is 9.53 Å². The van der Waals surface area contributed by atoms with Crippen molar-refractivity contribution < 1.29 is 9.53 Å². The van der Waals surface area contributed by atoms with Crippen molar-refractivity contribution in [3.05, 3.63) is 17.3 Å². The standard InChI is InChI=1S/C17H24N4O2S2/c1-13-11-14-16(19-12-20-17(14)25-13)24-10-3-15(22)18-4-2-5-21-6-8-23-9-7-21/h11-12H,2-10H2,1H3,(H,18,22). The first-order chi connectivity index (χ1) is 12.2. The number of nitrogens with one attached hydrogen (secondary N) is 1. The number of aromatic nitrogens is 2. The molecule has 3 rings (SSSR count). The van der Waals surface area contributed by atoms with E-state index in [-0.39, 0.29) is 5.91 Å². The first kappa shape index (κ1) is 18.6. The summed E-state index contributed by atoms with van der Waals surface area (Å²) in [6, 6.07) is 2.12. The van der Waals surface area contributed by atoms with E-state index in [1.54, 1.807) is 29.4 Å². The van der Waals surface area contributed by atoms with Gasteiger partial charge in [0.25, 0.3) is 0 Å². The third-order valence-corrected chi connectivity index (χ3v) is 6.03. The molecule has 0 unspecified atom stereocenters. The number of nitrogens with zero attached hydrogens (tertiary/aromatic N) is 3. The van der Waals surface area contributed by atoms with Crippen molar-refractivity contribution in [2.24, 2.45) is 0 Å². The minimum Gasteiger partial charge on any atom is -0.379 e. The number of fused-ring (bicyclic) bond motifs is 1. The highest BCUT2D eigenvalue weighted by molar-refractivity contribution is 7.99. The van der Waals surface area contributed by atoms with Crippen LogP contribution in [0.1, 0.15) is 17.7 Å². The number of amides is 1. The van der Waals surface area contributed by atoms with E-state index in [0.29, 0.717) is 6.42 Å². The number of thiophene rings is 1. The van der Waals surface area contributed by atoms with Crippen molar-refractivity contribution >= 4 is 39.2 Å². The molecule has 0 spiro atoms. The highest BCUT2D eigenvalue weighted by atomic mass is 32.2. The van der Waals surface area contributed by atoms with Crippen molar-refractivity contribution in [2.75, 3.05) is 45.1 Å². The Balaban J connectivity index is 1.33. The van der Waals surface area contributed by atoms with Gasteiger partial charge in [-0.25, -0.2) is 9.97 Å². The molecule has 2 aromatic heterocycles. The van der Waals surface area contributed by atoms with E-state index in [9.17, 15) is 4.79 Å². The molecule has 0 bridgehead atoms. The van der Waals surface area contributed by atoms with Gasteiger partial charge in [-0.3, -0.25) is 9.69 Å². The number of rotatable bonds is 8. The van der Waals surface area contributed by atoms with Gasteiger partial charge in [0.05, 0.1) is 13.2 Å². The van der Waals surface area contributed by atoms with E-state index in [4.69, 9.17) is 4.74 Å². The molecule has 1 N–H and O–H groups in total. The molecule has 1 saturated heterocycles. The quantitative estimate of drug-likeness (QED) is 0.431. The number of ether oxygens (including phenoxy) is 1. The molecular weight excluding hydrogens is 356 g/mol. The number of hydrogen-bond acceptors (Lipinski definition) is 7. The zero-order valence-electron chi connectivity index (χ0n) is 14.5. The van der Waals surface area contributed by atoms with Crippen molar-refractivity contribution in [2.45, 2.75) is 24.8 Å². The summed E-state index contributed by atoms with van der Waals surface area (Å²) < 4.78 is 5.33. The minimum atomic E-state index is 0.112. The largest absolute Gasteiger partial charge is 0.379 e. The van der Waals surface area contributed by atoms with Crippen LogP contribution in [-0.4, -0.2) is 65.9 Å². The lowest BCUT2D eigenvalue weighted by molar-refractivity contribution is -0.120. The van der Waals surface area contributed by atoms with E-state index in [1.165, 1.54) is 4.88 Å². The lowest BCUT2D eigenvalue weighted by Gasteiger charge is -2.26. The number of carbonyl (C=O) groups is 1. The van der Waals surface area contributed by atoms with Crippen LogP contribution >= 0.6 is 23.1 Å². The molecule has 0 atom stereocenters. The van der Waals surface area contributed by atoms with E-state index >= 15 is 0 Å². The van der Waals surface area contributed by atoms with Gasteiger partial charge in [0.15, 0.2) is 0 Å². The van der Waals surface area contributed by atoms with E-state index in [1.807, 2.05) is 0 Å². The van der Waals surface area contributed by atoms with Crippen LogP contribution in [0.15, 0.2) is 17.4 Å². The first-order valence-corrected chi connectivity index (χ1v) is 10.4. The monoisotopic (exact) mass is 380 g/mol. The van der Waals surface area contributed by atoms with Crippen LogP contribution < -0.4 is 5.32 Å². The third-order valence-electron chi connectivity index (χ3n) is 4.06. The maximum atomic E-state index is 12.0. The second kappa shape index (κ2) is 9.47. The van der Waals surface area contributed by atoms with Crippen LogP contribution in [0.25, 0.3) is 10.2 Å². The minimum absolute atomic E-state index is 0.112. The SMILES string of the molecule is Cc1cc2c(SCCC(=O)NCCCN3CCOCC3)ncnc2s1. The molecule has 6 nitrogen and oxygen atoms in total. The Bertz CT molecular complexity index is 701. The Morgan fingerprint density at radius 1 is 1.40 bits per heavy atom. The van der Waals surface area contributed by atoms with Crippen LogP contribution in [0.3, 0.4) is 0 Å². The number of carbonyl (C=O) groups excluding carboxylic acids is 1. The first-order valence-electron chi connectivity index (χ1n) is 8.63. The molecular formula is C17H24N4O2S2. The van der Waals surface area contributed by atoms with Crippen LogP contribution in [0.4, 0.5) is 0 Å². The predicted octanol–water partition coefficient (Wildman–Crippen LogP) is 2.32. The molecule has 25 heavy (non-hydrogen) atoms. The second-order valence-corrected chi connectivity index (χ2v) is 8.33. The van der Waals surface area contributed by atoms with Gasteiger partial charge in [-0.05, 0) is 26.0 Å². The summed E-state index contributed by atoms with van der Waals surface area (Å²) in [7, 11) is 0. The van der Waals surface area contributed by atoms with Gasteiger partial charge in [0.1, 0.15) is 16.2 Å². The predicted molar refractivity (Wildman–Crippen MR) is 102 cm³/mol. The number of hydrogen-bond donors (Lipinski definition) is 1. The van der Waals surface area contributed by atoms with Gasteiger partial charge >= 0.3 is 0 Å². The summed E-state index contributed by atoms with van der Waals surface area (Å²) in [6.07, 6.45) is 3.10. The van der Waals surface area contributed by atoms with Gasteiger partial charge in [0.2, 0.25) is 5.91 Å². The molecule has 1 amide bonds.